The van der Waals surface area contributed by atoms with E-state index in [4.69, 9.17) is 9.47 Å². The van der Waals surface area contributed by atoms with Crippen LogP contribution >= 0.6 is 0 Å². The first-order valence-corrected chi connectivity index (χ1v) is 14.7. The Morgan fingerprint density at radius 2 is 1.35 bits per heavy atom. The first-order valence-electron chi connectivity index (χ1n) is 14.7. The van der Waals surface area contributed by atoms with Crippen molar-refractivity contribution in [2.45, 2.75) is 159 Å². The number of hydrogen-bond acceptors (Lipinski definition) is 8. The molecule has 1 saturated heterocycles. The van der Waals surface area contributed by atoms with E-state index in [-0.39, 0.29) is 12.5 Å². The summed E-state index contributed by atoms with van der Waals surface area (Å²) in [4.78, 5) is 12.6. The Hall–Kier alpha value is -0.810. The van der Waals surface area contributed by atoms with Crippen LogP contribution < -0.4 is 5.32 Å². The number of hydrogen-bond donors (Lipinski definition) is 6. The standard InChI is InChI=1S/C28H55NO8/c1-3-5-7-9-11-13-15-17-22(31)21(29-24(32)18-16-14-12-10-8-6-4-2)20-36-28-27(35)26(34)25(33)23(19-30)37-28/h21-23,25-28,30-31,33-35H,3-20H2,1-2H3,(H,29,32). The van der Waals surface area contributed by atoms with E-state index in [9.17, 15) is 30.3 Å². The van der Waals surface area contributed by atoms with Gasteiger partial charge in [0.2, 0.25) is 5.91 Å². The fourth-order valence-corrected chi connectivity index (χ4v) is 4.69. The summed E-state index contributed by atoms with van der Waals surface area (Å²) in [6.07, 6.45) is 8.67. The van der Waals surface area contributed by atoms with Crippen LogP contribution in [-0.2, 0) is 14.3 Å². The maximum Gasteiger partial charge on any atom is 0.220 e. The molecule has 0 aliphatic carbocycles. The molecule has 0 aromatic rings. The van der Waals surface area contributed by atoms with Gasteiger partial charge in [-0.2, -0.15) is 0 Å². The minimum atomic E-state index is -1.54. The van der Waals surface area contributed by atoms with Crippen molar-refractivity contribution in [2.24, 2.45) is 0 Å². The SMILES string of the molecule is CCCCCCCCCC(=O)NC(COC1OC(CO)C(O)C(O)C1O)C(O)CCCCCCCCC. The summed E-state index contributed by atoms with van der Waals surface area (Å²) in [6.45, 7) is 3.68. The summed E-state index contributed by atoms with van der Waals surface area (Å²) in [5, 5.41) is 53.3. The predicted octanol–water partition coefficient (Wildman–Crippen LogP) is 2.93. The zero-order chi connectivity index (χ0) is 27.5. The van der Waals surface area contributed by atoms with E-state index in [0.717, 1.165) is 38.5 Å². The zero-order valence-corrected chi connectivity index (χ0v) is 23.2. The molecule has 1 heterocycles. The smallest absolute Gasteiger partial charge is 0.220 e. The summed E-state index contributed by atoms with van der Waals surface area (Å²) in [6, 6.07) is -0.704. The number of carbonyl (C=O) groups is 1. The van der Waals surface area contributed by atoms with Crippen LogP contribution in [-0.4, -0.2) is 87.5 Å². The number of unbranched alkanes of at least 4 members (excludes halogenated alkanes) is 12. The number of nitrogens with one attached hydrogen (secondary N) is 1. The van der Waals surface area contributed by atoms with Gasteiger partial charge in [-0.05, 0) is 12.8 Å². The quantitative estimate of drug-likeness (QED) is 0.116. The molecule has 0 aromatic heterocycles. The van der Waals surface area contributed by atoms with Crippen molar-refractivity contribution in [3.8, 4) is 0 Å². The normalized spacial score (nSPS) is 25.6. The third kappa shape index (κ3) is 14.2. The summed E-state index contributed by atoms with van der Waals surface area (Å²) < 4.78 is 11.1. The molecule has 1 amide bonds. The maximum atomic E-state index is 12.6. The Labute approximate surface area is 223 Å². The number of carbonyl (C=O) groups excluding carboxylic acids is 1. The van der Waals surface area contributed by atoms with Gasteiger partial charge in [-0.25, -0.2) is 0 Å². The van der Waals surface area contributed by atoms with E-state index in [1.54, 1.807) is 0 Å². The average Bonchev–Trinajstić information content (AvgIpc) is 2.89. The van der Waals surface area contributed by atoms with Gasteiger partial charge in [0.1, 0.15) is 24.4 Å². The van der Waals surface area contributed by atoms with Crippen molar-refractivity contribution in [3.05, 3.63) is 0 Å². The van der Waals surface area contributed by atoms with Gasteiger partial charge in [0.05, 0.1) is 25.4 Å². The topological polar surface area (TPSA) is 149 Å². The first-order chi connectivity index (χ1) is 17.8. The largest absolute Gasteiger partial charge is 0.394 e. The van der Waals surface area contributed by atoms with Crippen molar-refractivity contribution < 1.29 is 39.8 Å². The molecule has 1 aliphatic heterocycles. The lowest BCUT2D eigenvalue weighted by molar-refractivity contribution is -0.302. The highest BCUT2D eigenvalue weighted by molar-refractivity contribution is 5.76. The van der Waals surface area contributed by atoms with E-state index in [0.29, 0.717) is 12.8 Å². The number of aliphatic hydroxyl groups excluding tert-OH is 5. The Morgan fingerprint density at radius 3 is 1.92 bits per heavy atom. The van der Waals surface area contributed by atoms with Crippen molar-refractivity contribution in [2.75, 3.05) is 13.2 Å². The third-order valence-electron chi connectivity index (χ3n) is 7.21. The summed E-state index contributed by atoms with van der Waals surface area (Å²) in [5.41, 5.74) is 0. The number of aliphatic hydroxyl groups is 5. The lowest BCUT2D eigenvalue weighted by Crippen LogP contribution is -2.60. The van der Waals surface area contributed by atoms with Crippen LogP contribution in [0.25, 0.3) is 0 Å². The van der Waals surface area contributed by atoms with E-state index >= 15 is 0 Å². The molecule has 0 saturated carbocycles. The molecular formula is C28H55NO8. The molecule has 0 spiro atoms. The monoisotopic (exact) mass is 533 g/mol. The number of ether oxygens (including phenoxy) is 2. The maximum absolute atomic E-state index is 12.6. The lowest BCUT2D eigenvalue weighted by Gasteiger charge is -2.40. The molecular weight excluding hydrogens is 478 g/mol. The van der Waals surface area contributed by atoms with Crippen LogP contribution in [0.1, 0.15) is 117 Å². The predicted molar refractivity (Wildman–Crippen MR) is 143 cm³/mol. The van der Waals surface area contributed by atoms with E-state index in [1.165, 1.54) is 51.4 Å². The molecule has 9 nitrogen and oxygen atoms in total. The Morgan fingerprint density at radius 1 is 0.811 bits per heavy atom. The van der Waals surface area contributed by atoms with Gasteiger partial charge in [0.25, 0.3) is 0 Å². The van der Waals surface area contributed by atoms with Crippen molar-refractivity contribution in [3.63, 3.8) is 0 Å². The van der Waals surface area contributed by atoms with Crippen LogP contribution in [0.5, 0.6) is 0 Å². The zero-order valence-electron chi connectivity index (χ0n) is 23.2. The van der Waals surface area contributed by atoms with Gasteiger partial charge in [0.15, 0.2) is 6.29 Å². The second kappa shape index (κ2) is 21.1. The third-order valence-corrected chi connectivity index (χ3v) is 7.21. The minimum absolute atomic E-state index is 0.136. The first kappa shape index (κ1) is 34.2. The molecule has 1 fully saturated rings. The van der Waals surface area contributed by atoms with Gasteiger partial charge in [-0.15, -0.1) is 0 Å². The van der Waals surface area contributed by atoms with E-state index < -0.39 is 49.5 Å². The second-order valence-electron chi connectivity index (χ2n) is 10.6. The lowest BCUT2D eigenvalue weighted by atomic mass is 9.99. The summed E-state index contributed by atoms with van der Waals surface area (Å²) in [7, 11) is 0. The van der Waals surface area contributed by atoms with Crippen molar-refractivity contribution in [1.82, 2.24) is 5.32 Å². The summed E-state index contributed by atoms with van der Waals surface area (Å²) >= 11 is 0. The molecule has 0 aromatic carbocycles. The van der Waals surface area contributed by atoms with Gasteiger partial charge in [-0.1, -0.05) is 97.3 Å². The molecule has 1 aliphatic rings. The van der Waals surface area contributed by atoms with Gasteiger partial charge >= 0.3 is 0 Å². The molecule has 37 heavy (non-hydrogen) atoms. The molecule has 9 heteroatoms. The van der Waals surface area contributed by atoms with E-state index in [2.05, 4.69) is 19.2 Å². The molecule has 220 valence electrons. The Balaban J connectivity index is 2.57. The average molecular weight is 534 g/mol. The number of amides is 1. The van der Waals surface area contributed by atoms with Gasteiger partial charge in [0, 0.05) is 6.42 Å². The van der Waals surface area contributed by atoms with Crippen molar-refractivity contribution in [1.29, 1.82) is 0 Å². The van der Waals surface area contributed by atoms with Crippen molar-refractivity contribution >= 4 is 5.91 Å². The molecule has 7 unspecified atom stereocenters. The fourth-order valence-electron chi connectivity index (χ4n) is 4.69. The van der Waals surface area contributed by atoms with Gasteiger partial charge < -0.3 is 40.3 Å². The summed E-state index contributed by atoms with van der Waals surface area (Å²) in [5.74, 6) is -0.158. The molecule has 1 rings (SSSR count). The van der Waals surface area contributed by atoms with Crippen LogP contribution in [0.3, 0.4) is 0 Å². The second-order valence-corrected chi connectivity index (χ2v) is 10.6. The van der Waals surface area contributed by atoms with Crippen LogP contribution in [0, 0.1) is 0 Å². The minimum Gasteiger partial charge on any atom is -0.394 e. The Bertz CT molecular complexity index is 564. The molecule has 0 bridgehead atoms. The highest BCUT2D eigenvalue weighted by Crippen LogP contribution is 2.22. The van der Waals surface area contributed by atoms with Crippen LogP contribution in [0.4, 0.5) is 0 Å². The molecule has 7 atom stereocenters. The fraction of sp³-hybridized carbons (Fsp3) is 0.964. The molecule has 6 N–H and O–H groups in total. The van der Waals surface area contributed by atoms with Crippen LogP contribution in [0.15, 0.2) is 0 Å². The Kier molecular flexibility index (Phi) is 19.5. The molecule has 0 radical (unpaired) electrons. The van der Waals surface area contributed by atoms with Gasteiger partial charge in [-0.3, -0.25) is 4.79 Å². The highest BCUT2D eigenvalue weighted by Gasteiger charge is 2.44. The highest BCUT2D eigenvalue weighted by atomic mass is 16.7. The number of rotatable bonds is 22. The van der Waals surface area contributed by atoms with Crippen LogP contribution in [0.2, 0.25) is 0 Å². The van der Waals surface area contributed by atoms with E-state index in [1.807, 2.05) is 0 Å².